The first-order valence-electron chi connectivity index (χ1n) is 8.55. The molecule has 3 rings (SSSR count). The number of halogens is 1. The van der Waals surface area contributed by atoms with Crippen LogP contribution in [0.4, 0.5) is 0 Å². The molecule has 0 atom stereocenters. The number of rotatable bonds is 7. The van der Waals surface area contributed by atoms with Crippen molar-refractivity contribution in [1.82, 2.24) is 14.9 Å². The van der Waals surface area contributed by atoms with Crippen LogP contribution >= 0.6 is 11.6 Å². The molecule has 0 saturated heterocycles. The van der Waals surface area contributed by atoms with Crippen LogP contribution in [0.25, 0.3) is 10.9 Å². The van der Waals surface area contributed by atoms with Gasteiger partial charge in [-0.3, -0.25) is 9.59 Å². The Balaban J connectivity index is 1.86. The van der Waals surface area contributed by atoms with E-state index >= 15 is 0 Å². The van der Waals surface area contributed by atoms with Gasteiger partial charge in [0.15, 0.2) is 0 Å². The van der Waals surface area contributed by atoms with Gasteiger partial charge in [-0.2, -0.15) is 0 Å². The monoisotopic (exact) mass is 385 g/mol. The van der Waals surface area contributed by atoms with Crippen LogP contribution in [-0.4, -0.2) is 33.8 Å². The molecule has 0 fully saturated rings. The number of hydrogen-bond acceptors (Lipinski definition) is 4. The van der Waals surface area contributed by atoms with Gasteiger partial charge >= 0.3 is 0 Å². The number of nitrogens with zero attached hydrogens (tertiary/aromatic N) is 2. The number of aromatic amines is 1. The molecule has 0 spiro atoms. The smallest absolute Gasteiger partial charge is 0.258 e. The van der Waals surface area contributed by atoms with Crippen LogP contribution in [-0.2, 0) is 17.9 Å². The predicted molar refractivity (Wildman–Crippen MR) is 105 cm³/mol. The fourth-order valence-corrected chi connectivity index (χ4v) is 2.97. The molecular weight excluding hydrogens is 366 g/mol. The number of methoxy groups -OCH3 is 1. The zero-order chi connectivity index (χ0) is 19.2. The van der Waals surface area contributed by atoms with Crippen molar-refractivity contribution in [3.05, 3.63) is 70.3 Å². The standard InChI is InChI=1S/C20H20ClN3O3/c1-27-15-8-6-14(7-9-15)12-24(19(25)10-11-21)13-18-22-17-5-3-2-4-16(17)20(26)23-18/h2-9H,10-13H2,1H3,(H,22,23,26). The molecular formula is C20H20ClN3O3. The van der Waals surface area contributed by atoms with Crippen LogP contribution < -0.4 is 10.3 Å². The lowest BCUT2D eigenvalue weighted by atomic mass is 10.2. The largest absolute Gasteiger partial charge is 0.497 e. The molecule has 2 aromatic carbocycles. The summed E-state index contributed by atoms with van der Waals surface area (Å²) >= 11 is 5.75. The van der Waals surface area contributed by atoms with E-state index in [1.807, 2.05) is 30.3 Å². The first-order chi connectivity index (χ1) is 13.1. The van der Waals surface area contributed by atoms with Gasteiger partial charge in [-0.25, -0.2) is 4.98 Å². The van der Waals surface area contributed by atoms with Crippen molar-refractivity contribution in [1.29, 1.82) is 0 Å². The normalized spacial score (nSPS) is 10.7. The van der Waals surface area contributed by atoms with Crippen LogP contribution in [0, 0.1) is 0 Å². The van der Waals surface area contributed by atoms with E-state index in [9.17, 15) is 9.59 Å². The number of nitrogens with one attached hydrogen (secondary N) is 1. The minimum absolute atomic E-state index is 0.100. The Morgan fingerprint density at radius 2 is 1.89 bits per heavy atom. The van der Waals surface area contributed by atoms with Gasteiger partial charge < -0.3 is 14.6 Å². The van der Waals surface area contributed by atoms with Gasteiger partial charge in [0.25, 0.3) is 5.56 Å². The fourth-order valence-electron chi connectivity index (χ4n) is 2.81. The number of amides is 1. The molecule has 0 saturated carbocycles. The SMILES string of the molecule is COc1ccc(CN(Cc2nc3ccccc3c(=O)[nH]2)C(=O)CCCl)cc1. The number of alkyl halides is 1. The molecule has 3 aromatic rings. The third kappa shape index (κ3) is 4.65. The summed E-state index contributed by atoms with van der Waals surface area (Å²) in [6.45, 7) is 0.581. The fraction of sp³-hybridized carbons (Fsp3) is 0.250. The molecule has 1 aromatic heterocycles. The highest BCUT2D eigenvalue weighted by Crippen LogP contribution is 2.15. The molecule has 0 aliphatic rings. The Morgan fingerprint density at radius 1 is 1.15 bits per heavy atom. The van der Waals surface area contributed by atoms with Crippen molar-refractivity contribution in [3.8, 4) is 5.75 Å². The summed E-state index contributed by atoms with van der Waals surface area (Å²) in [5.74, 6) is 1.32. The Morgan fingerprint density at radius 3 is 2.59 bits per heavy atom. The Kier molecular flexibility index (Phi) is 6.08. The molecule has 0 aliphatic heterocycles. The highest BCUT2D eigenvalue weighted by molar-refractivity contribution is 6.18. The molecule has 1 amide bonds. The van der Waals surface area contributed by atoms with E-state index in [0.29, 0.717) is 23.3 Å². The topological polar surface area (TPSA) is 75.3 Å². The van der Waals surface area contributed by atoms with Gasteiger partial charge in [-0.1, -0.05) is 24.3 Å². The molecule has 7 heteroatoms. The molecule has 1 heterocycles. The summed E-state index contributed by atoms with van der Waals surface area (Å²) in [6.07, 6.45) is 0.218. The van der Waals surface area contributed by atoms with Crippen molar-refractivity contribution >= 4 is 28.4 Å². The maximum atomic E-state index is 12.5. The van der Waals surface area contributed by atoms with Crippen LogP contribution in [0.5, 0.6) is 5.75 Å². The van der Waals surface area contributed by atoms with E-state index in [1.165, 1.54) is 0 Å². The van der Waals surface area contributed by atoms with E-state index < -0.39 is 0 Å². The number of carbonyl (C=O) groups is 1. The number of para-hydroxylation sites is 1. The summed E-state index contributed by atoms with van der Waals surface area (Å²) in [5.41, 5.74) is 1.33. The zero-order valence-electron chi connectivity index (χ0n) is 14.9. The zero-order valence-corrected chi connectivity index (χ0v) is 15.7. The van der Waals surface area contributed by atoms with Gasteiger partial charge in [0.05, 0.1) is 24.6 Å². The second kappa shape index (κ2) is 8.68. The lowest BCUT2D eigenvalue weighted by Crippen LogP contribution is -2.31. The summed E-state index contributed by atoms with van der Waals surface area (Å²) < 4.78 is 5.16. The highest BCUT2D eigenvalue weighted by atomic mass is 35.5. The third-order valence-corrected chi connectivity index (χ3v) is 4.39. The number of fused-ring (bicyclic) bond motifs is 1. The minimum atomic E-state index is -0.218. The molecule has 1 N–H and O–H groups in total. The molecule has 0 bridgehead atoms. The quantitative estimate of drug-likeness (QED) is 0.634. The number of ether oxygens (including phenoxy) is 1. The second-order valence-electron chi connectivity index (χ2n) is 6.07. The van der Waals surface area contributed by atoms with E-state index in [1.54, 1.807) is 30.2 Å². The van der Waals surface area contributed by atoms with E-state index in [2.05, 4.69) is 9.97 Å². The summed E-state index contributed by atoms with van der Waals surface area (Å²) in [7, 11) is 1.60. The van der Waals surface area contributed by atoms with Crippen LogP contribution in [0.1, 0.15) is 17.8 Å². The van der Waals surface area contributed by atoms with Crippen molar-refractivity contribution < 1.29 is 9.53 Å². The number of aromatic nitrogens is 2. The van der Waals surface area contributed by atoms with E-state index in [0.717, 1.165) is 11.3 Å². The van der Waals surface area contributed by atoms with Gasteiger partial charge in [0.1, 0.15) is 11.6 Å². The molecule has 140 valence electrons. The third-order valence-electron chi connectivity index (χ3n) is 4.20. The van der Waals surface area contributed by atoms with Crippen molar-refractivity contribution in [2.75, 3.05) is 13.0 Å². The first-order valence-corrected chi connectivity index (χ1v) is 9.09. The number of H-pyrrole nitrogens is 1. The van der Waals surface area contributed by atoms with Crippen LogP contribution in [0.15, 0.2) is 53.3 Å². The summed E-state index contributed by atoms with van der Waals surface area (Å²) in [5, 5.41) is 0.523. The van der Waals surface area contributed by atoms with Crippen molar-refractivity contribution in [3.63, 3.8) is 0 Å². The van der Waals surface area contributed by atoms with E-state index in [-0.39, 0.29) is 30.3 Å². The van der Waals surface area contributed by atoms with Crippen LogP contribution in [0.3, 0.4) is 0 Å². The first kappa shape index (κ1) is 18.9. The summed E-state index contributed by atoms with van der Waals surface area (Å²) in [6, 6.07) is 14.6. The van der Waals surface area contributed by atoms with Crippen molar-refractivity contribution in [2.45, 2.75) is 19.5 Å². The predicted octanol–water partition coefficient (Wildman–Crippen LogP) is 3.09. The highest BCUT2D eigenvalue weighted by Gasteiger charge is 2.16. The maximum Gasteiger partial charge on any atom is 0.258 e. The number of hydrogen-bond donors (Lipinski definition) is 1. The lowest BCUT2D eigenvalue weighted by Gasteiger charge is -2.22. The Labute approximate surface area is 161 Å². The van der Waals surface area contributed by atoms with E-state index in [4.69, 9.17) is 16.3 Å². The lowest BCUT2D eigenvalue weighted by molar-refractivity contribution is -0.132. The number of benzene rings is 2. The maximum absolute atomic E-state index is 12.5. The Bertz CT molecular complexity index is 986. The van der Waals surface area contributed by atoms with Gasteiger partial charge in [0.2, 0.25) is 5.91 Å². The molecule has 0 aliphatic carbocycles. The molecule has 0 radical (unpaired) electrons. The van der Waals surface area contributed by atoms with Crippen LogP contribution in [0.2, 0.25) is 0 Å². The number of carbonyl (C=O) groups excluding carboxylic acids is 1. The molecule has 0 unspecified atom stereocenters. The minimum Gasteiger partial charge on any atom is -0.497 e. The second-order valence-corrected chi connectivity index (χ2v) is 6.44. The average Bonchev–Trinajstić information content (AvgIpc) is 2.68. The Hall–Kier alpha value is -2.86. The van der Waals surface area contributed by atoms with Gasteiger partial charge in [0, 0.05) is 18.8 Å². The molecule has 27 heavy (non-hydrogen) atoms. The average molecular weight is 386 g/mol. The van der Waals surface area contributed by atoms with Gasteiger partial charge in [-0.15, -0.1) is 11.6 Å². The molecule has 6 nitrogen and oxygen atoms in total. The van der Waals surface area contributed by atoms with Crippen molar-refractivity contribution in [2.24, 2.45) is 0 Å². The summed E-state index contributed by atoms with van der Waals surface area (Å²) in [4.78, 5) is 33.7. The van der Waals surface area contributed by atoms with Gasteiger partial charge in [-0.05, 0) is 29.8 Å².